The number of benzene rings is 8. The maximum Gasteiger partial charge on any atom is 0.137 e. The second-order valence-electron chi connectivity index (χ2n) is 17.5. The first-order valence-corrected chi connectivity index (χ1v) is 21.4. The van der Waals surface area contributed by atoms with Crippen LogP contribution >= 0.6 is 0 Å². The third-order valence-corrected chi connectivity index (χ3v) is 14.1. The number of hydrogen-bond donors (Lipinski definition) is 0. The highest BCUT2D eigenvalue weighted by molar-refractivity contribution is 6.13. The zero-order valence-electron chi connectivity index (χ0n) is 33.6. The number of hydrogen-bond acceptors (Lipinski definition) is 2. The van der Waals surface area contributed by atoms with Gasteiger partial charge in [-0.3, -0.25) is 0 Å². The first kappa shape index (κ1) is 34.4. The van der Waals surface area contributed by atoms with Crippen LogP contribution in [0.15, 0.2) is 180 Å². The Morgan fingerprint density at radius 3 is 1.81 bits per heavy atom. The van der Waals surface area contributed by atoms with Gasteiger partial charge in [0.1, 0.15) is 11.2 Å². The predicted molar refractivity (Wildman–Crippen MR) is 246 cm³/mol. The normalized spacial score (nSPS) is 15.6. The molecule has 8 aromatic carbocycles. The summed E-state index contributed by atoms with van der Waals surface area (Å²) in [4.78, 5) is 2.48. The zero-order chi connectivity index (χ0) is 39.3. The van der Waals surface area contributed by atoms with Crippen molar-refractivity contribution in [3.63, 3.8) is 0 Å². The van der Waals surface area contributed by atoms with Crippen molar-refractivity contribution in [1.29, 1.82) is 0 Å². The van der Waals surface area contributed by atoms with Gasteiger partial charge in [0.15, 0.2) is 0 Å². The lowest BCUT2D eigenvalue weighted by Gasteiger charge is -2.36. The van der Waals surface area contributed by atoms with E-state index in [4.69, 9.17) is 4.42 Å². The highest BCUT2D eigenvalue weighted by Gasteiger charge is 2.44. The van der Waals surface area contributed by atoms with Gasteiger partial charge in [-0.25, -0.2) is 0 Å². The molecule has 284 valence electrons. The average molecular weight is 760 g/mol. The molecule has 3 aliphatic rings. The Labute approximate surface area is 346 Å². The topological polar surface area (TPSA) is 16.4 Å². The van der Waals surface area contributed by atoms with Crippen molar-refractivity contribution in [3.8, 4) is 44.5 Å². The summed E-state index contributed by atoms with van der Waals surface area (Å²) in [7, 11) is 0. The highest BCUT2D eigenvalue weighted by atomic mass is 16.3. The molecule has 1 saturated carbocycles. The molecule has 1 spiro atoms. The van der Waals surface area contributed by atoms with Crippen LogP contribution in [0.25, 0.3) is 66.4 Å². The first-order chi connectivity index (χ1) is 29.0. The van der Waals surface area contributed by atoms with Crippen molar-refractivity contribution >= 4 is 39.0 Å². The molecule has 0 atom stereocenters. The van der Waals surface area contributed by atoms with E-state index in [0.717, 1.165) is 33.3 Å². The molecule has 0 unspecified atom stereocenters. The minimum absolute atomic E-state index is 0.0569. The molecule has 9 aromatic rings. The van der Waals surface area contributed by atoms with Crippen LogP contribution in [0.3, 0.4) is 0 Å². The predicted octanol–water partition coefficient (Wildman–Crippen LogP) is 15.9. The molecule has 12 rings (SSSR count). The fourth-order valence-corrected chi connectivity index (χ4v) is 11.5. The highest BCUT2D eigenvalue weighted by Crippen LogP contribution is 2.58. The summed E-state index contributed by atoms with van der Waals surface area (Å²) >= 11 is 0. The van der Waals surface area contributed by atoms with Gasteiger partial charge in [-0.15, -0.1) is 0 Å². The zero-order valence-corrected chi connectivity index (χ0v) is 33.6. The van der Waals surface area contributed by atoms with E-state index < -0.39 is 0 Å². The number of furan rings is 1. The van der Waals surface area contributed by atoms with Crippen molar-refractivity contribution in [3.05, 3.63) is 198 Å². The molecule has 0 saturated heterocycles. The molecule has 59 heavy (non-hydrogen) atoms. The fraction of sp³-hybridized carbons (Fsp3) is 0.158. The Bertz CT molecular complexity index is 3120. The molecule has 0 aliphatic heterocycles. The summed E-state index contributed by atoms with van der Waals surface area (Å²) in [5.74, 6) is 0. The van der Waals surface area contributed by atoms with E-state index in [2.05, 4.69) is 195 Å². The Morgan fingerprint density at radius 1 is 0.441 bits per heavy atom. The minimum atomic E-state index is -0.105. The molecular weight excluding hydrogens is 715 g/mol. The summed E-state index contributed by atoms with van der Waals surface area (Å²) < 4.78 is 6.49. The SMILES string of the molecule is CC1(C)c2ccccc2-c2cccc(-c3ccccc3-c3ccc(N(c4ccc5c(c4)C4(CCCCC4)c4ccccc4-5)c4cccc5oc6ccccc6c45)cc3)c21. The summed E-state index contributed by atoms with van der Waals surface area (Å²) in [5.41, 5.74) is 21.5. The van der Waals surface area contributed by atoms with Crippen molar-refractivity contribution in [2.75, 3.05) is 4.90 Å². The monoisotopic (exact) mass is 759 g/mol. The second-order valence-corrected chi connectivity index (χ2v) is 17.5. The number of rotatable bonds is 5. The van der Waals surface area contributed by atoms with E-state index in [9.17, 15) is 0 Å². The van der Waals surface area contributed by atoms with Gasteiger partial charge < -0.3 is 9.32 Å². The van der Waals surface area contributed by atoms with E-state index in [1.165, 1.54) is 105 Å². The molecule has 3 aliphatic carbocycles. The fourth-order valence-electron chi connectivity index (χ4n) is 11.5. The Hall–Kier alpha value is -6.64. The van der Waals surface area contributed by atoms with Gasteiger partial charge in [-0.1, -0.05) is 167 Å². The maximum absolute atomic E-state index is 6.49. The van der Waals surface area contributed by atoms with E-state index >= 15 is 0 Å². The van der Waals surface area contributed by atoms with Gasteiger partial charge in [-0.2, -0.15) is 0 Å². The molecule has 1 aromatic heterocycles. The molecule has 0 amide bonds. The number of para-hydroxylation sites is 1. The standard InChI is InChI=1S/C57H45NO/c1-56(2)48-23-9-6-19-43(48)46-22-14-21-45(55(46)56)41-17-5-4-16-40(41)37-28-30-38(31-29-37)58(51-25-15-27-53-54(51)47-20-8-11-26-52(47)59-53)39-32-33-44-42-18-7-10-24-49(42)57(50(44)36-39)34-12-3-13-35-57/h4-11,14-33,36H,3,12-13,34-35H2,1-2H3. The van der Waals surface area contributed by atoms with Gasteiger partial charge >= 0.3 is 0 Å². The van der Waals surface area contributed by atoms with Crippen molar-refractivity contribution in [1.82, 2.24) is 0 Å². The van der Waals surface area contributed by atoms with Crippen LogP contribution in [0, 0.1) is 0 Å². The van der Waals surface area contributed by atoms with Gasteiger partial charge in [-0.05, 0) is 122 Å². The summed E-state index contributed by atoms with van der Waals surface area (Å²) in [5, 5.41) is 2.27. The minimum Gasteiger partial charge on any atom is -0.456 e. The van der Waals surface area contributed by atoms with Crippen LogP contribution in [0.4, 0.5) is 17.1 Å². The summed E-state index contributed by atoms with van der Waals surface area (Å²) in [6, 6.07) is 65.4. The van der Waals surface area contributed by atoms with E-state index in [1.54, 1.807) is 0 Å². The van der Waals surface area contributed by atoms with Gasteiger partial charge in [0.05, 0.1) is 11.1 Å². The Morgan fingerprint density at radius 2 is 1.02 bits per heavy atom. The van der Waals surface area contributed by atoms with Crippen LogP contribution < -0.4 is 4.90 Å². The van der Waals surface area contributed by atoms with E-state index in [-0.39, 0.29) is 10.8 Å². The lowest BCUT2D eigenvalue weighted by Crippen LogP contribution is -2.28. The maximum atomic E-state index is 6.49. The molecule has 1 fully saturated rings. The lowest BCUT2D eigenvalue weighted by atomic mass is 9.68. The van der Waals surface area contributed by atoms with Crippen LogP contribution in [-0.4, -0.2) is 0 Å². The largest absolute Gasteiger partial charge is 0.456 e. The second kappa shape index (κ2) is 12.9. The molecule has 0 bridgehead atoms. The van der Waals surface area contributed by atoms with E-state index in [1.807, 2.05) is 0 Å². The van der Waals surface area contributed by atoms with Gasteiger partial charge in [0, 0.05) is 27.6 Å². The van der Waals surface area contributed by atoms with Crippen molar-refractivity contribution < 1.29 is 4.42 Å². The van der Waals surface area contributed by atoms with Gasteiger partial charge in [0.2, 0.25) is 0 Å². The Balaban J connectivity index is 1.02. The van der Waals surface area contributed by atoms with Gasteiger partial charge in [0.25, 0.3) is 0 Å². The molecule has 0 N–H and O–H groups in total. The van der Waals surface area contributed by atoms with Crippen molar-refractivity contribution in [2.45, 2.75) is 56.8 Å². The number of fused-ring (bicyclic) bond motifs is 11. The summed E-state index contributed by atoms with van der Waals surface area (Å²) in [6.45, 7) is 4.76. The quantitative estimate of drug-likeness (QED) is 0.174. The summed E-state index contributed by atoms with van der Waals surface area (Å²) in [6.07, 6.45) is 6.24. The number of nitrogens with zero attached hydrogens (tertiary/aromatic N) is 1. The average Bonchev–Trinajstić information content (AvgIpc) is 3.88. The molecule has 2 heteroatoms. The van der Waals surface area contributed by atoms with Crippen LogP contribution in [0.1, 0.15) is 68.2 Å². The molecule has 0 radical (unpaired) electrons. The van der Waals surface area contributed by atoms with Crippen LogP contribution in [0.5, 0.6) is 0 Å². The molecular formula is C57H45NO. The molecule has 1 heterocycles. The first-order valence-electron chi connectivity index (χ1n) is 21.4. The van der Waals surface area contributed by atoms with Crippen LogP contribution in [0.2, 0.25) is 0 Å². The van der Waals surface area contributed by atoms with Crippen LogP contribution in [-0.2, 0) is 10.8 Å². The Kier molecular flexibility index (Phi) is 7.54. The van der Waals surface area contributed by atoms with E-state index in [0.29, 0.717) is 0 Å². The smallest absolute Gasteiger partial charge is 0.137 e. The molecule has 2 nitrogen and oxygen atoms in total. The third kappa shape index (κ3) is 4.99. The van der Waals surface area contributed by atoms with Crippen molar-refractivity contribution in [2.24, 2.45) is 0 Å². The third-order valence-electron chi connectivity index (χ3n) is 14.1. The lowest BCUT2D eigenvalue weighted by molar-refractivity contribution is 0.353. The number of anilines is 3.